The minimum atomic E-state index is -1.21. The molecular weight excluding hydrogens is 175 g/mol. The van der Waals surface area contributed by atoms with Gasteiger partial charge >= 0.3 is 87.5 Å². The zero-order valence-electron chi connectivity index (χ0n) is 6.79. The molecule has 1 heterocycles. The Bertz CT molecular complexity index is 150. The first-order chi connectivity index (χ1) is 5.57. The quantitative estimate of drug-likeness (QED) is 0.327. The molecule has 0 aliphatic carbocycles. The molecule has 1 saturated heterocycles. The van der Waals surface area contributed by atoms with Crippen LogP contribution in [0.5, 0.6) is 0 Å². The van der Waals surface area contributed by atoms with Crippen molar-refractivity contribution in [2.45, 2.75) is 27.8 Å². The average molecular weight is 186 g/mol. The van der Waals surface area contributed by atoms with Gasteiger partial charge in [-0.1, -0.05) is 0 Å². The van der Waals surface area contributed by atoms with Crippen molar-refractivity contribution in [3.05, 3.63) is 0 Å². The predicted octanol–water partition coefficient (Wildman–Crippen LogP) is -3.05. The summed E-state index contributed by atoms with van der Waals surface area (Å²) in [7, 11) is 0. The first-order valence-corrected chi connectivity index (χ1v) is 5.04. The van der Waals surface area contributed by atoms with Crippen LogP contribution < -0.4 is 0 Å². The van der Waals surface area contributed by atoms with Crippen molar-refractivity contribution >= 4 is 27.9 Å². The number of aliphatic hydroxyl groups excluding tert-OH is 4. The van der Waals surface area contributed by atoms with E-state index >= 15 is 0 Å². The molecule has 0 bridgehead atoms. The molecule has 6 heteroatoms. The Hall–Kier alpha value is 0.800. The molecule has 1 aliphatic heterocycles. The molecule has 5 nitrogen and oxygen atoms in total. The van der Waals surface area contributed by atoms with E-state index in [9.17, 15) is 15.3 Å². The SMILES string of the molecule is OC[C@H]1O[CH]([Na])[C@H](O)[C@@H](O)[C@H]1O. The Balaban J connectivity index is 2.63. The van der Waals surface area contributed by atoms with Gasteiger partial charge in [-0.2, -0.15) is 0 Å². The van der Waals surface area contributed by atoms with Crippen molar-refractivity contribution in [3.63, 3.8) is 0 Å². The van der Waals surface area contributed by atoms with Crippen LogP contribution in [0.15, 0.2) is 0 Å². The van der Waals surface area contributed by atoms with Crippen LogP contribution in [0.1, 0.15) is 0 Å². The molecule has 12 heavy (non-hydrogen) atoms. The summed E-state index contributed by atoms with van der Waals surface area (Å²) in [5, 5.41) is 36.5. The Morgan fingerprint density at radius 1 is 1.08 bits per heavy atom. The zero-order chi connectivity index (χ0) is 9.30. The molecule has 1 unspecified atom stereocenters. The normalized spacial score (nSPS) is 49.3. The maximum atomic E-state index is 9.25. The van der Waals surface area contributed by atoms with Crippen LogP contribution in [0, 0.1) is 0 Å². The molecule has 1 fully saturated rings. The van der Waals surface area contributed by atoms with Crippen molar-refractivity contribution in [1.82, 2.24) is 0 Å². The molecule has 4 N–H and O–H groups in total. The van der Waals surface area contributed by atoms with Gasteiger partial charge in [-0.05, 0) is 0 Å². The van der Waals surface area contributed by atoms with E-state index in [0.717, 1.165) is 0 Å². The summed E-state index contributed by atoms with van der Waals surface area (Å²) in [4.78, 5) is 0. The van der Waals surface area contributed by atoms with Crippen molar-refractivity contribution in [2.75, 3.05) is 6.61 Å². The summed E-state index contributed by atoms with van der Waals surface area (Å²) >= 11 is 0.552. The van der Waals surface area contributed by atoms with Gasteiger partial charge in [0.25, 0.3) is 0 Å². The second-order valence-corrected chi connectivity index (χ2v) is 4.17. The van der Waals surface area contributed by atoms with Crippen molar-refractivity contribution in [1.29, 1.82) is 0 Å². The number of hydrogen-bond donors (Lipinski definition) is 4. The fourth-order valence-electron chi connectivity index (χ4n) is 1.29. The van der Waals surface area contributed by atoms with Gasteiger partial charge in [-0.3, -0.25) is 0 Å². The molecule has 0 aromatic carbocycles. The third kappa shape index (κ3) is 2.00. The van der Waals surface area contributed by atoms with Crippen LogP contribution in [0.25, 0.3) is 0 Å². The summed E-state index contributed by atoms with van der Waals surface area (Å²) in [6.45, 7) is -0.344. The molecule has 66 valence electrons. The van der Waals surface area contributed by atoms with Crippen LogP contribution in [0.3, 0.4) is 0 Å². The van der Waals surface area contributed by atoms with Crippen LogP contribution in [0.2, 0.25) is 0 Å². The van der Waals surface area contributed by atoms with Gasteiger partial charge < -0.3 is 0 Å². The number of ether oxygens (including phenoxy) is 1. The van der Waals surface area contributed by atoms with Crippen LogP contribution in [-0.2, 0) is 4.74 Å². The van der Waals surface area contributed by atoms with Gasteiger partial charge in [0.1, 0.15) is 0 Å². The van der Waals surface area contributed by atoms with Crippen LogP contribution in [-0.4, -0.2) is 82.7 Å². The molecule has 1 aliphatic rings. The Kier molecular flexibility index (Phi) is 3.94. The van der Waals surface area contributed by atoms with Gasteiger partial charge in [-0.15, -0.1) is 0 Å². The van der Waals surface area contributed by atoms with E-state index < -0.39 is 27.8 Å². The van der Waals surface area contributed by atoms with Gasteiger partial charge in [0.15, 0.2) is 0 Å². The van der Waals surface area contributed by atoms with Crippen LogP contribution in [0.4, 0.5) is 0 Å². The van der Waals surface area contributed by atoms with Crippen molar-refractivity contribution in [2.24, 2.45) is 0 Å². The first-order valence-electron chi connectivity index (χ1n) is 3.88. The summed E-state index contributed by atoms with van der Waals surface area (Å²) < 4.78 is 4.65. The molecule has 5 atom stereocenters. The molecule has 0 saturated carbocycles. The average Bonchev–Trinajstić information content (AvgIpc) is 2.08. The second-order valence-electron chi connectivity index (χ2n) is 3.03. The van der Waals surface area contributed by atoms with Crippen molar-refractivity contribution < 1.29 is 25.2 Å². The standard InChI is InChI=1S/C6H11O5.Na/c7-1-4-6(10)5(9)3(8)2-11-4;/h2-10H,1H2;/t3-,4+,5+,6-;/m0./s1. The Labute approximate surface area is 87.4 Å². The summed E-state index contributed by atoms with van der Waals surface area (Å²) in [5.41, 5.74) is 0. The number of aliphatic hydroxyl groups is 4. The Morgan fingerprint density at radius 3 is 2.17 bits per heavy atom. The second kappa shape index (κ2) is 4.34. The van der Waals surface area contributed by atoms with Gasteiger partial charge in [0, 0.05) is 0 Å². The molecule has 0 aromatic rings. The van der Waals surface area contributed by atoms with E-state index in [1.54, 1.807) is 0 Å². The summed E-state index contributed by atoms with van der Waals surface area (Å²) in [5.74, 6) is 0. The van der Waals surface area contributed by atoms with E-state index in [2.05, 4.69) is 0 Å². The Morgan fingerprint density at radius 2 is 1.67 bits per heavy atom. The maximum absolute atomic E-state index is 9.25. The topological polar surface area (TPSA) is 90.2 Å². The molecule has 1 rings (SSSR count). The van der Waals surface area contributed by atoms with Gasteiger partial charge in [0.2, 0.25) is 0 Å². The van der Waals surface area contributed by atoms with E-state index in [1.807, 2.05) is 0 Å². The third-order valence-electron chi connectivity index (χ3n) is 2.13. The third-order valence-corrected chi connectivity index (χ3v) is 3.09. The fraction of sp³-hybridized carbons (Fsp3) is 1.00. The molecular formula is C6H11NaO5. The predicted molar refractivity (Wildman–Crippen MR) is 39.5 cm³/mol. The molecule has 0 radical (unpaired) electrons. The number of rotatable bonds is 1. The molecule has 0 amide bonds. The zero-order valence-corrected chi connectivity index (χ0v) is 8.79. The van der Waals surface area contributed by atoms with Crippen LogP contribution >= 0.6 is 0 Å². The van der Waals surface area contributed by atoms with E-state index in [-0.39, 0.29) is 6.61 Å². The minimum absolute atomic E-state index is 0.344. The van der Waals surface area contributed by atoms with Gasteiger partial charge in [0.05, 0.1) is 0 Å². The first kappa shape index (κ1) is 10.9. The monoisotopic (exact) mass is 186 g/mol. The molecule has 0 aromatic heterocycles. The number of hydrogen-bond acceptors (Lipinski definition) is 5. The fourth-order valence-corrected chi connectivity index (χ4v) is 2.03. The van der Waals surface area contributed by atoms with E-state index in [1.165, 1.54) is 0 Å². The molecule has 0 spiro atoms. The summed E-state index contributed by atoms with van der Waals surface area (Å²) in [6, 6.07) is 0. The van der Waals surface area contributed by atoms with Crippen molar-refractivity contribution in [3.8, 4) is 0 Å². The van der Waals surface area contributed by atoms with E-state index in [0.29, 0.717) is 27.9 Å². The van der Waals surface area contributed by atoms with E-state index in [4.69, 9.17) is 9.84 Å². The van der Waals surface area contributed by atoms with Gasteiger partial charge in [-0.25, -0.2) is 0 Å². The summed E-state index contributed by atoms with van der Waals surface area (Å²) in [6.07, 6.45) is -4.21.